The van der Waals surface area contributed by atoms with Crippen molar-refractivity contribution in [1.82, 2.24) is 0 Å². The van der Waals surface area contributed by atoms with E-state index in [9.17, 15) is 14.3 Å². The van der Waals surface area contributed by atoms with Gasteiger partial charge in [-0.2, -0.15) is 0 Å². The van der Waals surface area contributed by atoms with Crippen molar-refractivity contribution in [2.45, 2.75) is 6.10 Å². The Kier molecular flexibility index (Phi) is 7.61. The fourth-order valence-electron chi connectivity index (χ4n) is 0.858. The Morgan fingerprint density at radius 2 is 1.94 bits per heavy atom. The molecule has 8 nitrogen and oxygen atoms in total. The first-order valence-electron chi connectivity index (χ1n) is 5.32. The summed E-state index contributed by atoms with van der Waals surface area (Å²) in [4.78, 5) is 19.3. The van der Waals surface area contributed by atoms with Gasteiger partial charge in [-0.25, -0.2) is 4.57 Å². The van der Waals surface area contributed by atoms with E-state index in [4.69, 9.17) is 9.63 Å². The van der Waals surface area contributed by atoms with E-state index in [0.717, 1.165) is 0 Å². The lowest BCUT2D eigenvalue weighted by Gasteiger charge is -2.24. The van der Waals surface area contributed by atoms with Crippen molar-refractivity contribution in [3.05, 3.63) is 0 Å². The molecule has 0 fully saturated rings. The molecule has 0 saturated carbocycles. The molecule has 0 spiro atoms. The van der Waals surface area contributed by atoms with Crippen LogP contribution in [0.4, 0.5) is 0 Å². The van der Waals surface area contributed by atoms with Gasteiger partial charge in [-0.15, -0.1) is 0 Å². The summed E-state index contributed by atoms with van der Waals surface area (Å²) >= 11 is 0. The van der Waals surface area contributed by atoms with Crippen LogP contribution in [0.2, 0.25) is 0 Å². The van der Waals surface area contributed by atoms with E-state index in [1.165, 1.54) is 0 Å². The monoisotopic (exact) mass is 286 g/mol. The van der Waals surface area contributed by atoms with Crippen molar-refractivity contribution in [3.8, 4) is 0 Å². The lowest BCUT2D eigenvalue weighted by atomic mass is 10.4. The van der Waals surface area contributed by atoms with E-state index in [1.807, 2.05) is 21.1 Å². The van der Waals surface area contributed by atoms with Crippen LogP contribution >= 0.6 is 7.82 Å². The van der Waals surface area contributed by atoms with E-state index >= 15 is 0 Å². The predicted octanol–water partition coefficient (Wildman–Crippen LogP) is -0.640. The highest BCUT2D eigenvalue weighted by atomic mass is 31.2. The van der Waals surface area contributed by atoms with Gasteiger partial charge in [0.05, 0.1) is 34.4 Å². The predicted molar refractivity (Wildman–Crippen MR) is 62.7 cm³/mol. The number of nitrogens with zero attached hydrogens (tertiary/aromatic N) is 1. The van der Waals surface area contributed by atoms with Crippen LogP contribution in [0, 0.1) is 0 Å². The maximum absolute atomic E-state index is 11.4. The number of ether oxygens (including phenoxy) is 1. The summed E-state index contributed by atoms with van der Waals surface area (Å²) in [6.45, 7) is -0.201. The zero-order valence-corrected chi connectivity index (χ0v) is 11.7. The molecule has 0 bridgehead atoms. The number of aliphatic hydroxyl groups is 1. The van der Waals surface area contributed by atoms with Crippen molar-refractivity contribution in [2.75, 3.05) is 47.5 Å². The summed E-state index contributed by atoms with van der Waals surface area (Å²) in [6, 6.07) is 0. The number of phosphoric ester groups is 1. The fourth-order valence-corrected chi connectivity index (χ4v) is 1.60. The van der Waals surface area contributed by atoms with Crippen molar-refractivity contribution in [2.24, 2.45) is 0 Å². The van der Waals surface area contributed by atoms with Gasteiger partial charge < -0.3 is 19.2 Å². The van der Waals surface area contributed by atoms with Crippen LogP contribution < -0.4 is 0 Å². The average Bonchev–Trinajstić information content (AvgIpc) is 2.22. The van der Waals surface area contributed by atoms with Crippen LogP contribution in [0.5, 0.6) is 0 Å². The van der Waals surface area contributed by atoms with Gasteiger partial charge in [-0.1, -0.05) is 0 Å². The molecule has 0 rings (SSSR count). The standard InChI is InChI=1S/C9H20NO7P/c1-10(2,3)4-5-16-18(13,14)17-7-9(6-11)15-8-12/h8-9,11H,4-7H2,1-3H3/p+1/t9-/m1/s1. The van der Waals surface area contributed by atoms with Crippen LogP contribution in [0.25, 0.3) is 0 Å². The minimum absolute atomic E-state index is 0.0512. The van der Waals surface area contributed by atoms with Crippen LogP contribution in [-0.2, 0) is 23.1 Å². The summed E-state index contributed by atoms with van der Waals surface area (Å²) in [6.07, 6.45) is -0.982. The quantitative estimate of drug-likeness (QED) is 0.313. The largest absolute Gasteiger partial charge is 0.472 e. The molecule has 0 aliphatic heterocycles. The van der Waals surface area contributed by atoms with Gasteiger partial charge in [0.15, 0.2) is 0 Å². The van der Waals surface area contributed by atoms with Gasteiger partial charge in [-0.05, 0) is 0 Å². The zero-order chi connectivity index (χ0) is 14.2. The van der Waals surface area contributed by atoms with Gasteiger partial charge >= 0.3 is 7.82 Å². The topological polar surface area (TPSA) is 102 Å². The molecule has 2 atom stereocenters. The molecule has 18 heavy (non-hydrogen) atoms. The number of carbonyl (C=O) groups is 1. The lowest BCUT2D eigenvalue weighted by molar-refractivity contribution is -0.870. The number of hydrogen-bond donors (Lipinski definition) is 2. The van der Waals surface area contributed by atoms with E-state index in [2.05, 4.69) is 9.26 Å². The molecule has 0 aromatic carbocycles. The first-order valence-corrected chi connectivity index (χ1v) is 6.82. The molecule has 1 unspecified atom stereocenters. The third-order valence-corrected chi connectivity index (χ3v) is 2.88. The Hall–Kier alpha value is -0.500. The Morgan fingerprint density at radius 3 is 2.39 bits per heavy atom. The molecule has 108 valence electrons. The Balaban J connectivity index is 3.99. The highest BCUT2D eigenvalue weighted by Crippen LogP contribution is 2.43. The number of hydrogen-bond acceptors (Lipinski definition) is 6. The lowest BCUT2D eigenvalue weighted by Crippen LogP contribution is -2.37. The SMILES string of the molecule is C[N+](C)(C)CCOP(=O)(O)OC[C@@H](CO)OC=O. The summed E-state index contributed by atoms with van der Waals surface area (Å²) in [5.41, 5.74) is 0. The van der Waals surface area contributed by atoms with Crippen LogP contribution in [0.1, 0.15) is 0 Å². The maximum atomic E-state index is 11.4. The van der Waals surface area contributed by atoms with Crippen molar-refractivity contribution >= 4 is 14.3 Å². The van der Waals surface area contributed by atoms with Crippen molar-refractivity contribution < 1.29 is 37.6 Å². The van der Waals surface area contributed by atoms with E-state index in [0.29, 0.717) is 11.0 Å². The summed E-state index contributed by atoms with van der Waals surface area (Å²) in [5, 5.41) is 8.76. The maximum Gasteiger partial charge on any atom is 0.472 e. The number of carbonyl (C=O) groups excluding carboxylic acids is 1. The van der Waals surface area contributed by atoms with E-state index < -0.39 is 27.1 Å². The van der Waals surface area contributed by atoms with Crippen LogP contribution in [0.15, 0.2) is 0 Å². The first-order chi connectivity index (χ1) is 8.20. The van der Waals surface area contributed by atoms with E-state index in [1.54, 1.807) is 0 Å². The minimum atomic E-state index is -4.19. The molecule has 0 aliphatic carbocycles. The van der Waals surface area contributed by atoms with Gasteiger partial charge in [-0.3, -0.25) is 13.8 Å². The third kappa shape index (κ3) is 9.52. The summed E-state index contributed by atoms with van der Waals surface area (Å²) in [5.74, 6) is 0. The number of quaternary nitrogens is 1. The molecule has 2 N–H and O–H groups in total. The van der Waals surface area contributed by atoms with Gasteiger partial charge in [0.25, 0.3) is 6.47 Å². The molecule has 0 aromatic rings. The number of phosphoric acid groups is 1. The van der Waals surface area contributed by atoms with Gasteiger partial charge in [0.2, 0.25) is 0 Å². The van der Waals surface area contributed by atoms with Gasteiger partial charge in [0.1, 0.15) is 19.3 Å². The highest BCUT2D eigenvalue weighted by molar-refractivity contribution is 7.47. The Morgan fingerprint density at radius 1 is 1.33 bits per heavy atom. The van der Waals surface area contributed by atoms with Crippen molar-refractivity contribution in [1.29, 1.82) is 0 Å². The molecule has 0 aliphatic rings. The molecule has 9 heteroatoms. The second kappa shape index (κ2) is 7.83. The Bertz CT molecular complexity index is 291. The molecule has 0 heterocycles. The van der Waals surface area contributed by atoms with E-state index in [-0.39, 0.29) is 13.1 Å². The van der Waals surface area contributed by atoms with Gasteiger partial charge in [0, 0.05) is 0 Å². The Labute approximate surface area is 106 Å². The number of rotatable bonds is 10. The molecule has 0 aromatic heterocycles. The molecule has 0 radical (unpaired) electrons. The fraction of sp³-hybridized carbons (Fsp3) is 0.889. The van der Waals surface area contributed by atoms with Crippen LogP contribution in [-0.4, -0.2) is 74.6 Å². The number of likely N-dealkylation sites (N-methyl/N-ethyl adjacent to an activating group) is 1. The molecular weight excluding hydrogens is 265 g/mol. The average molecular weight is 286 g/mol. The third-order valence-electron chi connectivity index (χ3n) is 1.89. The van der Waals surface area contributed by atoms with Crippen LogP contribution in [0.3, 0.4) is 0 Å². The second-order valence-corrected chi connectivity index (χ2v) is 6.10. The molecule has 0 saturated heterocycles. The summed E-state index contributed by atoms with van der Waals surface area (Å²) < 4.78 is 25.7. The minimum Gasteiger partial charge on any atom is -0.460 e. The molecule has 0 amide bonds. The highest BCUT2D eigenvalue weighted by Gasteiger charge is 2.24. The normalized spacial score (nSPS) is 16.9. The first kappa shape index (κ1) is 17.5. The molecular formula is C9H21NO7P+. The van der Waals surface area contributed by atoms with Crippen molar-refractivity contribution in [3.63, 3.8) is 0 Å². The summed E-state index contributed by atoms with van der Waals surface area (Å²) in [7, 11) is 1.54. The smallest absolute Gasteiger partial charge is 0.460 e. The zero-order valence-electron chi connectivity index (χ0n) is 10.8. The number of aliphatic hydroxyl groups excluding tert-OH is 1. The second-order valence-electron chi connectivity index (χ2n) is 4.65.